The van der Waals surface area contributed by atoms with Crippen molar-refractivity contribution in [2.75, 3.05) is 6.54 Å². The lowest BCUT2D eigenvalue weighted by Gasteiger charge is -2.39. The number of hydrogen-bond donors (Lipinski definition) is 0. The third-order valence-electron chi connectivity index (χ3n) is 5.89. The monoisotopic (exact) mass is 348 g/mol. The summed E-state index contributed by atoms with van der Waals surface area (Å²) in [4.78, 5) is 14.9. The molecule has 4 nitrogen and oxygen atoms in total. The summed E-state index contributed by atoms with van der Waals surface area (Å²) in [5.41, 5.74) is 1.32. The topological polar surface area (TPSA) is 53.3 Å². The van der Waals surface area contributed by atoms with Gasteiger partial charge in [-0.15, -0.1) is 0 Å². The summed E-state index contributed by atoms with van der Waals surface area (Å²) in [6.45, 7) is 14.0. The quantitative estimate of drug-likeness (QED) is 0.420. The SMILES string of the molecule is CCCC/C(C#N)=C1\C(=O)N2CCC[C@H]2[C@@H]1O[Si](C)(C)C(C)(C)C. The molecule has 24 heavy (non-hydrogen) atoms. The van der Waals surface area contributed by atoms with Crippen LogP contribution in [0.3, 0.4) is 0 Å². The number of carbonyl (C=O) groups is 1. The number of carbonyl (C=O) groups excluding carboxylic acids is 1. The molecule has 0 bridgehead atoms. The lowest BCUT2D eigenvalue weighted by Crippen LogP contribution is -2.47. The predicted octanol–water partition coefficient (Wildman–Crippen LogP) is 4.39. The van der Waals surface area contributed by atoms with E-state index in [4.69, 9.17) is 4.43 Å². The van der Waals surface area contributed by atoms with Gasteiger partial charge in [-0.2, -0.15) is 5.26 Å². The molecule has 0 aromatic carbocycles. The third kappa shape index (κ3) is 3.45. The zero-order valence-corrected chi connectivity index (χ0v) is 17.1. The average molecular weight is 349 g/mol. The van der Waals surface area contributed by atoms with Crippen LogP contribution in [0, 0.1) is 11.3 Å². The fourth-order valence-corrected chi connectivity index (χ4v) is 4.63. The molecule has 0 unspecified atom stereocenters. The van der Waals surface area contributed by atoms with Crippen molar-refractivity contribution >= 4 is 14.2 Å². The highest BCUT2D eigenvalue weighted by Gasteiger charge is 2.51. The second-order valence-corrected chi connectivity index (χ2v) is 13.4. The van der Waals surface area contributed by atoms with Gasteiger partial charge in [0.25, 0.3) is 5.91 Å². The Morgan fingerprint density at radius 2 is 2.08 bits per heavy atom. The number of rotatable bonds is 5. The highest BCUT2D eigenvalue weighted by Crippen LogP contribution is 2.43. The Bertz CT molecular complexity index is 569. The van der Waals surface area contributed by atoms with Crippen LogP contribution in [-0.2, 0) is 9.22 Å². The lowest BCUT2D eigenvalue weighted by atomic mass is 9.97. The van der Waals surface area contributed by atoms with Crippen molar-refractivity contribution in [3.05, 3.63) is 11.1 Å². The number of amides is 1. The molecule has 0 N–H and O–H groups in total. The minimum atomic E-state index is -2.01. The summed E-state index contributed by atoms with van der Waals surface area (Å²) in [7, 11) is -2.01. The van der Waals surface area contributed by atoms with E-state index < -0.39 is 8.32 Å². The molecule has 134 valence electrons. The first kappa shape index (κ1) is 19.2. The lowest BCUT2D eigenvalue weighted by molar-refractivity contribution is -0.125. The third-order valence-corrected chi connectivity index (χ3v) is 10.3. The van der Waals surface area contributed by atoms with Crippen molar-refractivity contribution in [1.29, 1.82) is 5.26 Å². The first-order valence-electron chi connectivity index (χ1n) is 9.26. The maximum Gasteiger partial charge on any atom is 0.253 e. The molecular weight excluding hydrogens is 316 g/mol. The van der Waals surface area contributed by atoms with Gasteiger partial charge in [-0.25, -0.2) is 0 Å². The fourth-order valence-electron chi connectivity index (χ4n) is 3.37. The number of fused-ring (bicyclic) bond motifs is 1. The Balaban J connectivity index is 2.42. The summed E-state index contributed by atoms with van der Waals surface area (Å²) < 4.78 is 6.69. The molecule has 2 aliphatic rings. The summed E-state index contributed by atoms with van der Waals surface area (Å²) in [6, 6.07) is 2.45. The zero-order valence-electron chi connectivity index (χ0n) is 16.1. The van der Waals surface area contributed by atoms with Crippen LogP contribution in [0.25, 0.3) is 0 Å². The largest absolute Gasteiger partial charge is 0.408 e. The Kier molecular flexibility index (Phi) is 5.61. The zero-order chi connectivity index (χ0) is 18.1. The fraction of sp³-hybridized carbons (Fsp3) is 0.789. The van der Waals surface area contributed by atoms with Gasteiger partial charge in [-0.05, 0) is 43.8 Å². The standard InChI is InChI=1S/C19H32N2O2Si/c1-7-8-10-14(13-20)16-17(23-24(5,6)19(2,3)4)15-11-9-12-21(15)18(16)22/h15,17H,7-12H2,1-6H3/b16-14+/t15-,17-/m0/s1. The van der Waals surface area contributed by atoms with Crippen molar-refractivity contribution in [3.8, 4) is 6.07 Å². The van der Waals surface area contributed by atoms with Crippen LogP contribution < -0.4 is 0 Å². The van der Waals surface area contributed by atoms with Crippen LogP contribution >= 0.6 is 0 Å². The summed E-state index contributed by atoms with van der Waals surface area (Å²) in [6.07, 6.45) is 4.46. The van der Waals surface area contributed by atoms with E-state index in [1.165, 1.54) is 0 Å². The van der Waals surface area contributed by atoms with E-state index in [9.17, 15) is 10.1 Å². The van der Waals surface area contributed by atoms with Crippen molar-refractivity contribution in [2.24, 2.45) is 0 Å². The van der Waals surface area contributed by atoms with Crippen LogP contribution in [0.4, 0.5) is 0 Å². The molecule has 2 atom stereocenters. The summed E-state index contributed by atoms with van der Waals surface area (Å²) in [5.74, 6) is 0.0499. The molecule has 2 saturated heterocycles. The van der Waals surface area contributed by atoms with Gasteiger partial charge in [-0.1, -0.05) is 34.1 Å². The van der Waals surface area contributed by atoms with E-state index in [1.807, 2.05) is 4.90 Å². The Morgan fingerprint density at radius 3 is 2.62 bits per heavy atom. The maximum atomic E-state index is 12.9. The molecule has 0 aromatic rings. The molecule has 0 radical (unpaired) electrons. The first-order valence-corrected chi connectivity index (χ1v) is 12.2. The van der Waals surface area contributed by atoms with Crippen LogP contribution in [0.2, 0.25) is 18.1 Å². The predicted molar refractivity (Wildman–Crippen MR) is 99.0 cm³/mol. The van der Waals surface area contributed by atoms with E-state index in [0.29, 0.717) is 17.6 Å². The number of allylic oxidation sites excluding steroid dienone is 1. The average Bonchev–Trinajstić information content (AvgIpc) is 3.05. The minimum Gasteiger partial charge on any atom is -0.408 e. The van der Waals surface area contributed by atoms with Gasteiger partial charge in [0.05, 0.1) is 23.8 Å². The van der Waals surface area contributed by atoms with Crippen LogP contribution in [-0.4, -0.2) is 37.8 Å². The Hall–Kier alpha value is -1.12. The molecule has 5 heteroatoms. The molecule has 2 rings (SSSR count). The Morgan fingerprint density at radius 1 is 1.42 bits per heavy atom. The van der Waals surface area contributed by atoms with Crippen LogP contribution in [0.5, 0.6) is 0 Å². The smallest absolute Gasteiger partial charge is 0.253 e. The van der Waals surface area contributed by atoms with Gasteiger partial charge >= 0.3 is 0 Å². The molecule has 0 aromatic heterocycles. The van der Waals surface area contributed by atoms with Crippen molar-refractivity contribution < 1.29 is 9.22 Å². The number of nitriles is 1. The molecule has 2 fully saturated rings. The van der Waals surface area contributed by atoms with Crippen molar-refractivity contribution in [2.45, 2.75) is 90.1 Å². The van der Waals surface area contributed by atoms with E-state index in [1.54, 1.807) is 0 Å². The number of hydrogen-bond acceptors (Lipinski definition) is 3. The van der Waals surface area contributed by atoms with Crippen molar-refractivity contribution in [1.82, 2.24) is 4.90 Å². The van der Waals surface area contributed by atoms with Crippen LogP contribution in [0.1, 0.15) is 59.8 Å². The second-order valence-electron chi connectivity index (χ2n) is 8.61. The highest BCUT2D eigenvalue weighted by atomic mass is 28.4. The van der Waals surface area contributed by atoms with Crippen molar-refractivity contribution in [3.63, 3.8) is 0 Å². The van der Waals surface area contributed by atoms with E-state index in [-0.39, 0.29) is 23.1 Å². The minimum absolute atomic E-state index is 0.0499. The van der Waals surface area contributed by atoms with Gasteiger partial charge in [0, 0.05) is 12.1 Å². The Labute approximate surface area is 148 Å². The van der Waals surface area contributed by atoms with E-state index in [0.717, 1.165) is 32.2 Å². The molecule has 0 spiro atoms. The van der Waals surface area contributed by atoms with E-state index in [2.05, 4.69) is 46.9 Å². The van der Waals surface area contributed by atoms with Gasteiger partial charge < -0.3 is 9.33 Å². The highest BCUT2D eigenvalue weighted by molar-refractivity contribution is 6.74. The molecule has 0 aliphatic carbocycles. The first-order chi connectivity index (χ1) is 11.1. The summed E-state index contributed by atoms with van der Waals surface area (Å²) in [5, 5.41) is 9.73. The van der Waals surface area contributed by atoms with Gasteiger partial charge in [0.15, 0.2) is 8.32 Å². The molecule has 0 saturated carbocycles. The molecular formula is C19H32N2O2Si. The van der Waals surface area contributed by atoms with Gasteiger partial charge in [0.1, 0.15) is 0 Å². The van der Waals surface area contributed by atoms with Gasteiger partial charge in [0.2, 0.25) is 0 Å². The van der Waals surface area contributed by atoms with Crippen LogP contribution in [0.15, 0.2) is 11.1 Å². The molecule has 2 aliphatic heterocycles. The van der Waals surface area contributed by atoms with E-state index >= 15 is 0 Å². The summed E-state index contributed by atoms with van der Waals surface area (Å²) >= 11 is 0. The normalized spacial score (nSPS) is 26.5. The van der Waals surface area contributed by atoms with Gasteiger partial charge in [-0.3, -0.25) is 4.79 Å². The number of nitrogens with zero attached hydrogens (tertiary/aromatic N) is 2. The molecule has 2 heterocycles. The molecule has 1 amide bonds. The second kappa shape index (κ2) is 7.01. The number of unbranched alkanes of at least 4 members (excludes halogenated alkanes) is 1. The maximum absolute atomic E-state index is 12.9.